The van der Waals surface area contributed by atoms with Crippen molar-refractivity contribution in [3.63, 3.8) is 0 Å². The number of nitrogens with zero attached hydrogens (tertiary/aromatic N) is 5. The third kappa shape index (κ3) is 4.24. The van der Waals surface area contributed by atoms with E-state index in [1.807, 2.05) is 10.9 Å². The van der Waals surface area contributed by atoms with Crippen molar-refractivity contribution >= 4 is 35.0 Å². The maximum absolute atomic E-state index is 12.0. The fourth-order valence-corrected chi connectivity index (χ4v) is 5.17. The Morgan fingerprint density at radius 3 is 2.81 bits per heavy atom. The van der Waals surface area contributed by atoms with Gasteiger partial charge in [0.15, 0.2) is 5.82 Å². The Morgan fingerprint density at radius 2 is 2.00 bits per heavy atom. The normalized spacial score (nSPS) is 27.1. The summed E-state index contributed by atoms with van der Waals surface area (Å²) < 4.78 is 1.93. The lowest BCUT2D eigenvalue weighted by Crippen LogP contribution is -2.41. The fourth-order valence-electron chi connectivity index (χ4n) is 5.02. The molecular weight excluding hydrogens is 416 g/mol. The number of halogens is 1. The van der Waals surface area contributed by atoms with E-state index in [0.717, 1.165) is 25.2 Å². The predicted molar refractivity (Wildman–Crippen MR) is 119 cm³/mol. The maximum atomic E-state index is 12.0. The van der Waals surface area contributed by atoms with Crippen molar-refractivity contribution in [2.24, 2.45) is 23.5 Å². The van der Waals surface area contributed by atoms with E-state index in [1.165, 1.54) is 25.9 Å². The zero-order valence-corrected chi connectivity index (χ0v) is 18.0. The van der Waals surface area contributed by atoms with Gasteiger partial charge in [-0.2, -0.15) is 10.1 Å². The number of primary amides is 1. The third-order valence-electron chi connectivity index (χ3n) is 6.57. The Labute approximate surface area is 186 Å². The SMILES string of the molecule is NC(=O)[C@H]1[C@@H](Nc2nc(Nc3cnn(CCN4CCCC4)c3)ncc2Cl)[C@@H]2C=C[C@H]1C2. The van der Waals surface area contributed by atoms with Crippen molar-refractivity contribution in [3.05, 3.63) is 35.8 Å². The van der Waals surface area contributed by atoms with Crippen LogP contribution in [0.4, 0.5) is 17.5 Å². The lowest BCUT2D eigenvalue weighted by Gasteiger charge is -2.27. The maximum Gasteiger partial charge on any atom is 0.229 e. The molecule has 1 amide bonds. The van der Waals surface area contributed by atoms with Crippen LogP contribution in [0.15, 0.2) is 30.7 Å². The lowest BCUT2D eigenvalue weighted by atomic mass is 9.88. The van der Waals surface area contributed by atoms with E-state index in [2.05, 4.69) is 42.8 Å². The quantitative estimate of drug-likeness (QED) is 0.537. The Morgan fingerprint density at radius 1 is 1.19 bits per heavy atom. The van der Waals surface area contributed by atoms with Crippen LogP contribution in [0.25, 0.3) is 0 Å². The van der Waals surface area contributed by atoms with Gasteiger partial charge in [-0.1, -0.05) is 23.8 Å². The molecule has 0 aromatic carbocycles. The molecule has 4 N–H and O–H groups in total. The van der Waals surface area contributed by atoms with Crippen LogP contribution in [0.1, 0.15) is 19.3 Å². The average molecular weight is 443 g/mol. The summed E-state index contributed by atoms with van der Waals surface area (Å²) in [7, 11) is 0. The molecule has 2 aliphatic carbocycles. The minimum atomic E-state index is -0.292. The van der Waals surface area contributed by atoms with E-state index < -0.39 is 0 Å². The first-order valence-corrected chi connectivity index (χ1v) is 11.2. The van der Waals surface area contributed by atoms with Crippen LogP contribution in [-0.2, 0) is 11.3 Å². The van der Waals surface area contributed by atoms with Crippen LogP contribution in [0.3, 0.4) is 0 Å². The number of hydrogen-bond donors (Lipinski definition) is 3. The molecule has 4 atom stereocenters. The summed E-state index contributed by atoms with van der Waals surface area (Å²) in [6, 6.07) is -0.110. The van der Waals surface area contributed by atoms with Gasteiger partial charge in [-0.3, -0.25) is 9.48 Å². The van der Waals surface area contributed by atoms with E-state index in [0.29, 0.717) is 16.8 Å². The Bertz CT molecular complexity index is 986. The molecule has 2 fully saturated rings. The molecule has 2 aromatic heterocycles. The summed E-state index contributed by atoms with van der Waals surface area (Å²) in [4.78, 5) is 23.3. The number of carbonyl (C=O) groups excluding carboxylic acids is 1. The smallest absolute Gasteiger partial charge is 0.229 e. The number of allylic oxidation sites excluding steroid dienone is 1. The van der Waals surface area contributed by atoms with Crippen LogP contribution in [0.2, 0.25) is 5.02 Å². The van der Waals surface area contributed by atoms with Gasteiger partial charge in [0.05, 0.1) is 30.5 Å². The monoisotopic (exact) mass is 442 g/mol. The standard InChI is InChI=1S/C21H27ClN8O/c22-16-11-24-21(26-15-10-25-30(12-15)8-7-29-5-1-2-6-29)28-20(16)27-18-14-4-3-13(9-14)17(18)19(23)31/h3-4,10-14,17-18H,1-2,5-9H2,(H2,23,31)(H2,24,26,27,28)/t13-,14+,17+,18-/m0/s1. The second-order valence-corrected chi connectivity index (χ2v) is 9.01. The van der Waals surface area contributed by atoms with E-state index >= 15 is 0 Å². The van der Waals surface area contributed by atoms with Gasteiger partial charge in [-0.15, -0.1) is 0 Å². The first kappa shape index (κ1) is 20.3. The molecule has 3 heterocycles. The zero-order valence-electron chi connectivity index (χ0n) is 17.2. The molecule has 0 radical (unpaired) electrons. The molecule has 5 rings (SSSR count). The van der Waals surface area contributed by atoms with Crippen LogP contribution in [0, 0.1) is 17.8 Å². The Balaban J connectivity index is 1.25. The minimum Gasteiger partial charge on any atom is -0.369 e. The topological polar surface area (TPSA) is 114 Å². The van der Waals surface area contributed by atoms with Gasteiger partial charge in [-0.25, -0.2) is 4.98 Å². The highest BCUT2D eigenvalue weighted by atomic mass is 35.5. The number of anilines is 3. The molecule has 2 aromatic rings. The number of amides is 1. The van der Waals surface area contributed by atoms with Gasteiger partial charge < -0.3 is 21.3 Å². The van der Waals surface area contributed by atoms with Gasteiger partial charge in [0.25, 0.3) is 0 Å². The van der Waals surface area contributed by atoms with Crippen LogP contribution in [-0.4, -0.2) is 56.2 Å². The van der Waals surface area contributed by atoms with E-state index in [4.69, 9.17) is 17.3 Å². The summed E-state index contributed by atoms with van der Waals surface area (Å²) in [6.07, 6.45) is 13.0. The number of fused-ring (bicyclic) bond motifs is 2. The molecule has 0 unspecified atom stereocenters. The minimum absolute atomic E-state index is 0.110. The van der Waals surface area contributed by atoms with E-state index in [9.17, 15) is 4.79 Å². The number of carbonyl (C=O) groups is 1. The number of hydrogen-bond acceptors (Lipinski definition) is 7. The molecular formula is C21H27ClN8O. The number of aromatic nitrogens is 4. The fraction of sp³-hybridized carbons (Fsp3) is 0.524. The van der Waals surface area contributed by atoms with Crippen molar-refractivity contribution in [2.45, 2.75) is 31.8 Å². The summed E-state index contributed by atoms with van der Waals surface area (Å²) in [5, 5.41) is 11.4. The Hall–Kier alpha value is -2.65. The lowest BCUT2D eigenvalue weighted by molar-refractivity contribution is -0.122. The molecule has 164 valence electrons. The summed E-state index contributed by atoms with van der Waals surface area (Å²) >= 11 is 6.34. The molecule has 9 nitrogen and oxygen atoms in total. The first-order valence-electron chi connectivity index (χ1n) is 10.9. The zero-order chi connectivity index (χ0) is 21.4. The van der Waals surface area contributed by atoms with Crippen molar-refractivity contribution in [1.82, 2.24) is 24.6 Å². The number of nitrogens with two attached hydrogens (primary N) is 1. The van der Waals surface area contributed by atoms with Crippen LogP contribution >= 0.6 is 11.6 Å². The number of rotatable bonds is 8. The highest BCUT2D eigenvalue weighted by Gasteiger charge is 2.47. The summed E-state index contributed by atoms with van der Waals surface area (Å²) in [5.41, 5.74) is 6.47. The molecule has 10 heteroatoms. The highest BCUT2D eigenvalue weighted by molar-refractivity contribution is 6.32. The van der Waals surface area contributed by atoms with Crippen molar-refractivity contribution < 1.29 is 4.79 Å². The number of nitrogens with one attached hydrogen (secondary N) is 2. The molecule has 3 aliphatic rings. The first-order chi connectivity index (χ1) is 15.1. The molecule has 31 heavy (non-hydrogen) atoms. The van der Waals surface area contributed by atoms with Crippen LogP contribution in [0.5, 0.6) is 0 Å². The molecule has 0 spiro atoms. The van der Waals surface area contributed by atoms with Crippen LogP contribution < -0.4 is 16.4 Å². The van der Waals surface area contributed by atoms with Crippen molar-refractivity contribution in [3.8, 4) is 0 Å². The van der Waals surface area contributed by atoms with E-state index in [1.54, 1.807) is 12.4 Å². The van der Waals surface area contributed by atoms with E-state index in [-0.39, 0.29) is 29.7 Å². The summed E-state index contributed by atoms with van der Waals surface area (Å²) in [6.45, 7) is 4.21. The summed E-state index contributed by atoms with van der Waals surface area (Å²) in [5.74, 6) is 0.798. The molecule has 2 bridgehead atoms. The van der Waals surface area contributed by atoms with Gasteiger partial charge in [0.2, 0.25) is 11.9 Å². The molecule has 1 aliphatic heterocycles. The second kappa shape index (κ2) is 8.47. The largest absolute Gasteiger partial charge is 0.369 e. The molecule has 1 saturated heterocycles. The highest BCUT2D eigenvalue weighted by Crippen LogP contribution is 2.45. The second-order valence-electron chi connectivity index (χ2n) is 8.60. The number of likely N-dealkylation sites (tertiary alicyclic amines) is 1. The van der Waals surface area contributed by atoms with Gasteiger partial charge in [0.1, 0.15) is 5.02 Å². The van der Waals surface area contributed by atoms with Gasteiger partial charge in [0, 0.05) is 18.8 Å². The van der Waals surface area contributed by atoms with Gasteiger partial charge >= 0.3 is 0 Å². The molecule has 1 saturated carbocycles. The van der Waals surface area contributed by atoms with Crippen molar-refractivity contribution in [2.75, 3.05) is 30.3 Å². The predicted octanol–water partition coefficient (Wildman–Crippen LogP) is 2.25. The Kier molecular flexibility index (Phi) is 5.54. The average Bonchev–Trinajstić information content (AvgIpc) is 3.54. The van der Waals surface area contributed by atoms with Gasteiger partial charge in [-0.05, 0) is 44.2 Å². The van der Waals surface area contributed by atoms with Crippen molar-refractivity contribution in [1.29, 1.82) is 0 Å². The third-order valence-corrected chi connectivity index (χ3v) is 6.85.